The molecule has 0 heterocycles. The molecule has 1 fully saturated rings. The molecule has 23 heavy (non-hydrogen) atoms. The summed E-state index contributed by atoms with van der Waals surface area (Å²) < 4.78 is 0. The molecular formula is C21H19NO. The minimum atomic E-state index is -0.114. The highest BCUT2D eigenvalue weighted by molar-refractivity contribution is 5.99. The van der Waals surface area contributed by atoms with Gasteiger partial charge in [0, 0.05) is 11.5 Å². The van der Waals surface area contributed by atoms with Crippen molar-refractivity contribution in [3.63, 3.8) is 0 Å². The van der Waals surface area contributed by atoms with Gasteiger partial charge in [-0.25, -0.2) is 0 Å². The van der Waals surface area contributed by atoms with Crippen LogP contribution in [0.1, 0.15) is 40.2 Å². The highest BCUT2D eigenvalue weighted by atomic mass is 16.1. The van der Waals surface area contributed by atoms with Crippen LogP contribution in [0.4, 0.5) is 0 Å². The normalized spacial score (nSPS) is 23.4. The van der Waals surface area contributed by atoms with Crippen molar-refractivity contribution >= 4 is 5.78 Å². The number of carbonyl (C=O) groups is 1. The van der Waals surface area contributed by atoms with Crippen LogP contribution in [-0.2, 0) is 0 Å². The molecule has 1 aliphatic rings. The maximum absolute atomic E-state index is 13.0. The van der Waals surface area contributed by atoms with E-state index in [0.29, 0.717) is 17.0 Å². The van der Waals surface area contributed by atoms with Crippen LogP contribution in [0.15, 0.2) is 54.6 Å². The number of hydrogen-bond donors (Lipinski definition) is 0. The Morgan fingerprint density at radius 3 is 2.43 bits per heavy atom. The summed E-state index contributed by atoms with van der Waals surface area (Å²) in [5, 5.41) is 8.89. The van der Waals surface area contributed by atoms with Crippen LogP contribution in [0.25, 0.3) is 0 Å². The van der Waals surface area contributed by atoms with Crippen LogP contribution >= 0.6 is 0 Å². The smallest absolute Gasteiger partial charge is 0.166 e. The molecule has 3 atom stereocenters. The van der Waals surface area contributed by atoms with Gasteiger partial charge in [-0.15, -0.1) is 0 Å². The van der Waals surface area contributed by atoms with Crippen LogP contribution in [0.5, 0.6) is 0 Å². The lowest BCUT2D eigenvalue weighted by Crippen LogP contribution is -2.21. The number of Topliss-reactive ketones (excluding diaryl/α,β-unsaturated/α-hetero) is 1. The molecule has 3 unspecified atom stereocenters. The van der Waals surface area contributed by atoms with E-state index in [1.807, 2.05) is 18.2 Å². The van der Waals surface area contributed by atoms with Gasteiger partial charge in [0.2, 0.25) is 0 Å². The third-order valence-electron chi connectivity index (χ3n) is 4.74. The minimum absolute atomic E-state index is 0.114. The average molecular weight is 301 g/mol. The third-order valence-corrected chi connectivity index (χ3v) is 4.74. The van der Waals surface area contributed by atoms with E-state index in [9.17, 15) is 4.79 Å². The van der Waals surface area contributed by atoms with Gasteiger partial charge in [-0.2, -0.15) is 5.26 Å². The van der Waals surface area contributed by atoms with E-state index in [2.05, 4.69) is 31.5 Å². The third kappa shape index (κ3) is 3.05. The van der Waals surface area contributed by atoms with Crippen molar-refractivity contribution in [1.29, 1.82) is 5.26 Å². The lowest BCUT2D eigenvalue weighted by atomic mass is 9.79. The Bertz CT molecular complexity index is 712. The molecule has 0 aliphatic heterocycles. The molecule has 0 aromatic heterocycles. The van der Waals surface area contributed by atoms with Gasteiger partial charge in [-0.05, 0) is 48.8 Å². The molecule has 3 rings (SSSR count). The fourth-order valence-corrected chi connectivity index (χ4v) is 3.53. The van der Waals surface area contributed by atoms with Gasteiger partial charge in [0.15, 0.2) is 5.78 Å². The Balaban J connectivity index is 1.90. The van der Waals surface area contributed by atoms with E-state index in [4.69, 9.17) is 5.26 Å². The van der Waals surface area contributed by atoms with E-state index < -0.39 is 0 Å². The lowest BCUT2D eigenvalue weighted by molar-refractivity contribution is 0.0924. The Morgan fingerprint density at radius 1 is 1.13 bits per heavy atom. The van der Waals surface area contributed by atoms with Gasteiger partial charge in [0.25, 0.3) is 0 Å². The summed E-state index contributed by atoms with van der Waals surface area (Å²) in [6, 6.07) is 19.3. The Morgan fingerprint density at radius 2 is 1.83 bits per heavy atom. The van der Waals surface area contributed by atoms with Crippen LogP contribution in [0, 0.1) is 36.5 Å². The van der Waals surface area contributed by atoms with Gasteiger partial charge >= 0.3 is 0 Å². The van der Waals surface area contributed by atoms with E-state index in [0.717, 1.165) is 12.8 Å². The monoisotopic (exact) mass is 301 g/mol. The second-order valence-electron chi connectivity index (χ2n) is 6.04. The zero-order chi connectivity index (χ0) is 16.2. The molecule has 114 valence electrons. The predicted octanol–water partition coefficient (Wildman–Crippen LogP) is 4.59. The number of hydrogen-bond acceptors (Lipinski definition) is 2. The molecule has 2 nitrogen and oxygen atoms in total. The highest BCUT2D eigenvalue weighted by Gasteiger charge is 2.40. The molecule has 0 bridgehead atoms. The number of benzene rings is 2. The van der Waals surface area contributed by atoms with Gasteiger partial charge < -0.3 is 0 Å². The summed E-state index contributed by atoms with van der Waals surface area (Å²) in [5.41, 5.74) is 2.46. The summed E-state index contributed by atoms with van der Waals surface area (Å²) in [6.45, 7) is 4.07. The summed E-state index contributed by atoms with van der Waals surface area (Å²) in [5.74, 6) is 0.623. The van der Waals surface area contributed by atoms with Crippen molar-refractivity contribution < 1.29 is 4.79 Å². The Labute approximate surface area is 137 Å². The maximum atomic E-state index is 13.0. The van der Waals surface area contributed by atoms with Crippen molar-refractivity contribution in [2.24, 2.45) is 11.8 Å². The highest BCUT2D eigenvalue weighted by Crippen LogP contribution is 2.46. The molecule has 0 spiro atoms. The molecule has 1 saturated carbocycles. The van der Waals surface area contributed by atoms with E-state index >= 15 is 0 Å². The predicted molar refractivity (Wildman–Crippen MR) is 90.5 cm³/mol. The largest absolute Gasteiger partial charge is 0.294 e. The zero-order valence-corrected chi connectivity index (χ0v) is 13.0. The quantitative estimate of drug-likeness (QED) is 0.775. The average Bonchev–Trinajstić information content (AvgIpc) is 3.06. The van der Waals surface area contributed by atoms with Crippen molar-refractivity contribution in [2.75, 3.05) is 0 Å². The fraction of sp³-hybridized carbons (Fsp3) is 0.238. The first-order valence-electron chi connectivity index (χ1n) is 7.96. The van der Waals surface area contributed by atoms with Crippen molar-refractivity contribution in [2.45, 2.75) is 18.8 Å². The first kappa shape index (κ1) is 15.5. The van der Waals surface area contributed by atoms with Gasteiger partial charge in [-0.1, -0.05) is 49.4 Å². The van der Waals surface area contributed by atoms with Crippen LogP contribution < -0.4 is 0 Å². The van der Waals surface area contributed by atoms with Crippen molar-refractivity contribution in [3.8, 4) is 6.07 Å². The molecular weight excluding hydrogens is 282 g/mol. The van der Waals surface area contributed by atoms with E-state index in [1.165, 1.54) is 5.56 Å². The van der Waals surface area contributed by atoms with E-state index in [1.54, 1.807) is 24.3 Å². The number of nitrogens with zero attached hydrogens (tertiary/aromatic N) is 1. The lowest BCUT2D eigenvalue weighted by Gasteiger charge is -2.24. The van der Waals surface area contributed by atoms with Gasteiger partial charge in [0.05, 0.1) is 11.6 Å². The molecule has 0 saturated heterocycles. The number of nitriles is 1. The maximum Gasteiger partial charge on any atom is 0.166 e. The summed E-state index contributed by atoms with van der Waals surface area (Å²) >= 11 is 0. The Hall–Kier alpha value is -2.40. The molecule has 1 aliphatic carbocycles. The van der Waals surface area contributed by atoms with E-state index in [-0.39, 0.29) is 17.6 Å². The number of carbonyl (C=O) groups excluding carboxylic acids is 1. The van der Waals surface area contributed by atoms with Gasteiger partial charge in [-0.3, -0.25) is 4.79 Å². The molecule has 2 aromatic rings. The molecule has 2 radical (unpaired) electrons. The standard InChI is InChI=1S/C21H19NO/c1-2-16-12-13-19(20(16)17-6-4-3-5-7-17)21(23)18-10-8-15(14-22)9-11-18/h3-11,13,16,19-20H,1-2,12H2. The fourth-order valence-electron chi connectivity index (χ4n) is 3.53. The molecule has 2 aromatic carbocycles. The van der Waals surface area contributed by atoms with Gasteiger partial charge in [0.1, 0.15) is 0 Å². The summed E-state index contributed by atoms with van der Waals surface area (Å²) in [6.07, 6.45) is 3.90. The second-order valence-corrected chi connectivity index (χ2v) is 6.04. The van der Waals surface area contributed by atoms with Crippen LogP contribution in [0.3, 0.4) is 0 Å². The molecule has 2 heteroatoms. The van der Waals surface area contributed by atoms with Crippen molar-refractivity contribution in [1.82, 2.24) is 0 Å². The zero-order valence-electron chi connectivity index (χ0n) is 13.0. The topological polar surface area (TPSA) is 40.9 Å². The van der Waals surface area contributed by atoms with Crippen LogP contribution in [-0.4, -0.2) is 5.78 Å². The summed E-state index contributed by atoms with van der Waals surface area (Å²) in [4.78, 5) is 13.0. The molecule has 0 N–H and O–H groups in total. The minimum Gasteiger partial charge on any atom is -0.294 e. The SMILES string of the molecule is [CH2]CC1C[CH]C(C(=O)c2ccc(C#N)cc2)C1c1ccccc1. The number of rotatable bonds is 4. The number of ketones is 1. The Kier molecular flexibility index (Phi) is 4.57. The summed E-state index contributed by atoms with van der Waals surface area (Å²) in [7, 11) is 0. The van der Waals surface area contributed by atoms with Crippen molar-refractivity contribution in [3.05, 3.63) is 84.6 Å². The molecule has 0 amide bonds. The first-order valence-corrected chi connectivity index (χ1v) is 7.96. The first-order chi connectivity index (χ1) is 11.2. The second kappa shape index (κ2) is 6.79. The van der Waals surface area contributed by atoms with Crippen LogP contribution in [0.2, 0.25) is 0 Å².